The van der Waals surface area contributed by atoms with Crippen LogP contribution in [0.1, 0.15) is 45.5 Å². The first-order chi connectivity index (χ1) is 10.3. The van der Waals surface area contributed by atoms with E-state index in [4.69, 9.17) is 4.74 Å². The van der Waals surface area contributed by atoms with Gasteiger partial charge in [-0.2, -0.15) is 0 Å². The molecule has 118 valence electrons. The van der Waals surface area contributed by atoms with Gasteiger partial charge in [0.2, 0.25) is 0 Å². The molecule has 1 aliphatic carbocycles. The largest absolute Gasteiger partial charge is 0.444 e. The molecule has 0 unspecified atom stereocenters. The number of hydrogen-bond donors (Lipinski definition) is 2. The number of imidazole rings is 1. The summed E-state index contributed by atoms with van der Waals surface area (Å²) in [7, 11) is 0. The molecule has 1 aromatic heterocycles. The van der Waals surface area contributed by atoms with Gasteiger partial charge in [0, 0.05) is 4.47 Å². The quantitative estimate of drug-likeness (QED) is 0.851. The summed E-state index contributed by atoms with van der Waals surface area (Å²) in [5.41, 5.74) is 1.35. The summed E-state index contributed by atoms with van der Waals surface area (Å²) in [5.74, 6) is 1.22. The standard InChI is InChI=1S/C16H20BrN3O2/c1-16(2,3)22-15(21)20-13(9-4-5-9)14-18-11-7-6-10(17)8-12(11)19-14/h6-9,13H,4-5H2,1-3H3,(H,18,19)(H,20,21)/t13-/m1/s1. The van der Waals surface area contributed by atoms with Gasteiger partial charge in [-0.15, -0.1) is 0 Å². The van der Waals surface area contributed by atoms with Crippen LogP contribution in [0.3, 0.4) is 0 Å². The number of carbonyl (C=O) groups is 1. The molecular formula is C16H20BrN3O2. The van der Waals surface area contributed by atoms with Gasteiger partial charge in [0.25, 0.3) is 0 Å². The minimum absolute atomic E-state index is 0.124. The maximum absolute atomic E-state index is 12.1. The maximum Gasteiger partial charge on any atom is 0.408 e. The normalized spacial score (nSPS) is 16.5. The molecule has 1 saturated carbocycles. The first-order valence-electron chi connectivity index (χ1n) is 7.46. The highest BCUT2D eigenvalue weighted by Gasteiger charge is 2.36. The molecule has 22 heavy (non-hydrogen) atoms. The van der Waals surface area contributed by atoms with E-state index in [0.29, 0.717) is 5.92 Å². The third-order valence-corrected chi connectivity index (χ3v) is 4.02. The zero-order valence-electron chi connectivity index (χ0n) is 12.9. The molecule has 2 N–H and O–H groups in total. The molecule has 6 heteroatoms. The molecule has 0 saturated heterocycles. The Labute approximate surface area is 138 Å². The second-order valence-electron chi connectivity index (χ2n) is 6.74. The Kier molecular flexibility index (Phi) is 3.89. The molecule has 0 radical (unpaired) electrons. The van der Waals surface area contributed by atoms with E-state index in [1.807, 2.05) is 39.0 Å². The second kappa shape index (κ2) is 5.57. The van der Waals surface area contributed by atoms with Gasteiger partial charge >= 0.3 is 6.09 Å². The number of aromatic amines is 1. The number of carbonyl (C=O) groups excluding carboxylic acids is 1. The fourth-order valence-corrected chi connectivity index (χ4v) is 2.78. The Morgan fingerprint density at radius 2 is 2.18 bits per heavy atom. The third kappa shape index (κ3) is 3.61. The van der Waals surface area contributed by atoms with Crippen LogP contribution in [0, 0.1) is 5.92 Å². The van der Waals surface area contributed by atoms with E-state index in [-0.39, 0.29) is 6.04 Å². The number of aromatic nitrogens is 2. The lowest BCUT2D eigenvalue weighted by molar-refractivity contribution is 0.0494. The van der Waals surface area contributed by atoms with Crippen molar-refractivity contribution in [1.82, 2.24) is 15.3 Å². The highest BCUT2D eigenvalue weighted by molar-refractivity contribution is 9.10. The van der Waals surface area contributed by atoms with Crippen molar-refractivity contribution in [3.63, 3.8) is 0 Å². The van der Waals surface area contributed by atoms with Crippen molar-refractivity contribution in [2.45, 2.75) is 45.3 Å². The summed E-state index contributed by atoms with van der Waals surface area (Å²) in [6.45, 7) is 5.58. The van der Waals surface area contributed by atoms with Crippen molar-refractivity contribution < 1.29 is 9.53 Å². The molecular weight excluding hydrogens is 346 g/mol. The van der Waals surface area contributed by atoms with E-state index < -0.39 is 11.7 Å². The van der Waals surface area contributed by atoms with Gasteiger partial charge in [0.15, 0.2) is 0 Å². The third-order valence-electron chi connectivity index (χ3n) is 3.52. The van der Waals surface area contributed by atoms with Gasteiger partial charge in [0.1, 0.15) is 11.4 Å². The van der Waals surface area contributed by atoms with Crippen molar-refractivity contribution in [3.05, 3.63) is 28.5 Å². The first-order valence-corrected chi connectivity index (χ1v) is 8.26. The Balaban J connectivity index is 1.82. The lowest BCUT2D eigenvalue weighted by Crippen LogP contribution is -2.36. The number of fused-ring (bicyclic) bond motifs is 1. The van der Waals surface area contributed by atoms with Crippen LogP contribution >= 0.6 is 15.9 Å². The zero-order chi connectivity index (χ0) is 15.9. The Morgan fingerprint density at radius 1 is 1.45 bits per heavy atom. The number of halogens is 1. The minimum Gasteiger partial charge on any atom is -0.444 e. The molecule has 3 rings (SSSR count). The second-order valence-corrected chi connectivity index (χ2v) is 7.66. The number of benzene rings is 1. The van der Waals surface area contributed by atoms with Gasteiger partial charge in [-0.25, -0.2) is 9.78 Å². The Hall–Kier alpha value is -1.56. The van der Waals surface area contributed by atoms with Crippen molar-refractivity contribution in [2.75, 3.05) is 0 Å². The number of H-pyrrole nitrogens is 1. The topological polar surface area (TPSA) is 67.0 Å². The van der Waals surface area contributed by atoms with Gasteiger partial charge in [-0.1, -0.05) is 15.9 Å². The summed E-state index contributed by atoms with van der Waals surface area (Å²) in [6.07, 6.45) is 1.80. The van der Waals surface area contributed by atoms with Crippen LogP contribution in [-0.4, -0.2) is 21.7 Å². The van der Waals surface area contributed by atoms with Gasteiger partial charge in [-0.3, -0.25) is 0 Å². The molecule has 1 heterocycles. The number of nitrogens with one attached hydrogen (secondary N) is 2. The number of rotatable bonds is 3. The van der Waals surface area contributed by atoms with Crippen LogP contribution in [0.2, 0.25) is 0 Å². The number of ether oxygens (including phenoxy) is 1. The summed E-state index contributed by atoms with van der Waals surface area (Å²) in [4.78, 5) is 20.0. The predicted octanol–water partition coefficient (Wildman–Crippen LogP) is 4.30. The van der Waals surface area contributed by atoms with Crippen LogP contribution in [0.4, 0.5) is 4.79 Å². The summed E-state index contributed by atoms with van der Waals surface area (Å²) >= 11 is 3.46. The van der Waals surface area contributed by atoms with E-state index in [9.17, 15) is 4.79 Å². The molecule has 5 nitrogen and oxygen atoms in total. The molecule has 1 atom stereocenters. The fraction of sp³-hybridized carbons (Fsp3) is 0.500. The monoisotopic (exact) mass is 365 g/mol. The van der Waals surface area contributed by atoms with Crippen molar-refractivity contribution in [3.8, 4) is 0 Å². The van der Waals surface area contributed by atoms with E-state index >= 15 is 0 Å². The lowest BCUT2D eigenvalue weighted by Gasteiger charge is -2.22. The van der Waals surface area contributed by atoms with Crippen molar-refractivity contribution in [2.24, 2.45) is 5.92 Å². The summed E-state index contributed by atoms with van der Waals surface area (Å²) in [6, 6.07) is 5.78. The molecule has 1 amide bonds. The van der Waals surface area contributed by atoms with Crippen molar-refractivity contribution >= 4 is 33.1 Å². The minimum atomic E-state index is -0.503. The van der Waals surface area contributed by atoms with Crippen LogP contribution in [-0.2, 0) is 4.74 Å². The van der Waals surface area contributed by atoms with E-state index in [1.54, 1.807) is 0 Å². The van der Waals surface area contributed by atoms with Crippen LogP contribution in [0.15, 0.2) is 22.7 Å². The smallest absolute Gasteiger partial charge is 0.408 e. The van der Waals surface area contributed by atoms with Gasteiger partial charge in [0.05, 0.1) is 17.1 Å². The SMILES string of the molecule is CC(C)(C)OC(=O)N[C@@H](c1nc2ccc(Br)cc2[nH]1)C1CC1. The maximum atomic E-state index is 12.1. The highest BCUT2D eigenvalue weighted by atomic mass is 79.9. The first kappa shape index (κ1) is 15.3. The van der Waals surface area contributed by atoms with E-state index in [2.05, 4.69) is 31.2 Å². The molecule has 0 bridgehead atoms. The number of hydrogen-bond acceptors (Lipinski definition) is 3. The zero-order valence-corrected chi connectivity index (χ0v) is 14.5. The molecule has 1 aromatic carbocycles. The lowest BCUT2D eigenvalue weighted by atomic mass is 10.2. The number of nitrogens with zero attached hydrogens (tertiary/aromatic N) is 1. The average Bonchev–Trinajstić information content (AvgIpc) is 3.13. The fourth-order valence-electron chi connectivity index (χ4n) is 2.42. The van der Waals surface area contributed by atoms with Crippen LogP contribution in [0.25, 0.3) is 11.0 Å². The molecule has 1 fully saturated rings. The molecule has 0 spiro atoms. The van der Waals surface area contributed by atoms with Gasteiger partial charge < -0.3 is 15.0 Å². The Bertz CT molecular complexity index is 701. The average molecular weight is 366 g/mol. The van der Waals surface area contributed by atoms with E-state index in [0.717, 1.165) is 34.2 Å². The number of amides is 1. The molecule has 0 aliphatic heterocycles. The predicted molar refractivity (Wildman–Crippen MR) is 88.6 cm³/mol. The van der Waals surface area contributed by atoms with E-state index in [1.165, 1.54) is 0 Å². The highest BCUT2D eigenvalue weighted by Crippen LogP contribution is 2.40. The summed E-state index contributed by atoms with van der Waals surface area (Å²) < 4.78 is 6.36. The molecule has 1 aliphatic rings. The molecule has 2 aromatic rings. The number of alkyl carbamates (subject to hydrolysis) is 1. The van der Waals surface area contributed by atoms with Crippen molar-refractivity contribution in [1.29, 1.82) is 0 Å². The van der Waals surface area contributed by atoms with Crippen LogP contribution in [0.5, 0.6) is 0 Å². The Morgan fingerprint density at radius 3 is 2.82 bits per heavy atom. The van der Waals surface area contributed by atoms with Gasteiger partial charge in [-0.05, 0) is 57.7 Å². The van der Waals surface area contributed by atoms with Crippen LogP contribution < -0.4 is 5.32 Å². The summed E-state index contributed by atoms with van der Waals surface area (Å²) in [5, 5.41) is 2.96.